The van der Waals surface area contributed by atoms with Crippen LogP contribution < -0.4 is 0 Å². The Morgan fingerprint density at radius 2 is 1.84 bits per heavy atom. The summed E-state index contributed by atoms with van der Waals surface area (Å²) in [6, 6.07) is 0. The van der Waals surface area contributed by atoms with Gasteiger partial charge in [0, 0.05) is 30.6 Å². The summed E-state index contributed by atoms with van der Waals surface area (Å²) in [6.45, 7) is 4.81. The van der Waals surface area contributed by atoms with Gasteiger partial charge >= 0.3 is 11.9 Å². The van der Waals surface area contributed by atoms with Crippen molar-refractivity contribution in [3.05, 3.63) is 12.2 Å². The summed E-state index contributed by atoms with van der Waals surface area (Å²) in [5, 5.41) is 62.2. The maximum absolute atomic E-state index is 13.6. The van der Waals surface area contributed by atoms with Gasteiger partial charge in [0.25, 0.3) is 0 Å². The van der Waals surface area contributed by atoms with Crippen molar-refractivity contribution in [1.82, 2.24) is 0 Å². The molecule has 37 heavy (non-hydrogen) atoms. The minimum atomic E-state index is -1.78. The second-order valence-corrected chi connectivity index (χ2v) is 12.0. The number of fused-ring (bicyclic) bond motifs is 1. The van der Waals surface area contributed by atoms with Crippen LogP contribution in [0.1, 0.15) is 32.6 Å². The second kappa shape index (κ2) is 7.81. The number of rotatable bonds is 4. The third kappa shape index (κ3) is 2.89. The summed E-state index contributed by atoms with van der Waals surface area (Å²) < 4.78 is 17.4. The smallest absolute Gasteiger partial charge is 0.315 e. The van der Waals surface area contributed by atoms with Crippen molar-refractivity contribution in [3.63, 3.8) is 0 Å². The molecule has 0 aromatic heterocycles. The van der Waals surface area contributed by atoms with Gasteiger partial charge in [0.05, 0.1) is 18.6 Å². The van der Waals surface area contributed by atoms with Gasteiger partial charge in [-0.3, -0.25) is 14.4 Å². The predicted molar refractivity (Wildman–Crippen MR) is 118 cm³/mol. The summed E-state index contributed by atoms with van der Waals surface area (Å²) in [6.07, 6.45) is -10.4. The van der Waals surface area contributed by atoms with Gasteiger partial charge in [0.2, 0.25) is 0 Å². The van der Waals surface area contributed by atoms with E-state index in [4.69, 9.17) is 14.2 Å². The van der Waals surface area contributed by atoms with E-state index in [0.717, 1.165) is 0 Å². The van der Waals surface area contributed by atoms with Crippen LogP contribution in [0.25, 0.3) is 0 Å². The molecule has 6 aliphatic rings. The summed E-state index contributed by atoms with van der Waals surface area (Å²) in [7, 11) is 0. The highest BCUT2D eigenvalue weighted by Crippen LogP contribution is 2.77. The highest BCUT2D eigenvalue weighted by atomic mass is 16.7. The molecule has 2 aliphatic heterocycles. The van der Waals surface area contributed by atoms with Crippen LogP contribution in [-0.4, -0.2) is 103 Å². The normalized spacial score (nSPS) is 56.2. The minimum Gasteiger partial charge on any atom is -0.481 e. The average molecular weight is 525 g/mol. The summed E-state index contributed by atoms with van der Waals surface area (Å²) in [5.41, 5.74) is -3.29. The van der Waals surface area contributed by atoms with Crippen molar-refractivity contribution in [2.45, 2.75) is 81.1 Å². The van der Waals surface area contributed by atoms with Crippen molar-refractivity contribution in [3.8, 4) is 0 Å². The number of aliphatic carboxylic acids is 1. The molecule has 0 aromatic carbocycles. The van der Waals surface area contributed by atoms with Gasteiger partial charge < -0.3 is 44.8 Å². The van der Waals surface area contributed by atoms with Crippen molar-refractivity contribution < 1.29 is 59.2 Å². The fraction of sp³-hybridized carbons (Fsp3) is 0.800. The number of ketones is 1. The Morgan fingerprint density at radius 3 is 2.49 bits per heavy atom. The van der Waals surface area contributed by atoms with E-state index in [1.54, 1.807) is 0 Å². The molecular formula is C25H32O12. The Bertz CT molecular complexity index is 1070. The van der Waals surface area contributed by atoms with E-state index in [1.807, 2.05) is 0 Å². The SMILES string of the molecule is C=C1C[C@]23C[C@H]1C(=O)C[C@H]2[C@@]12C[C@H](O)[C@H](O[C@@H]4O[C@H](CO)[C@@H](O)[C@H](O)[C@H]4O)[C@@](C)(C(=O)O1)[C@H]2[C@@H]3C(=O)O. The lowest BCUT2D eigenvalue weighted by molar-refractivity contribution is -0.330. The van der Waals surface area contributed by atoms with E-state index >= 15 is 0 Å². The molecule has 12 nitrogen and oxygen atoms in total. The Labute approximate surface area is 211 Å². The van der Waals surface area contributed by atoms with E-state index in [9.17, 15) is 45.0 Å². The van der Waals surface area contributed by atoms with Gasteiger partial charge in [0.15, 0.2) is 6.29 Å². The molecule has 2 saturated heterocycles. The first-order chi connectivity index (χ1) is 17.3. The Kier molecular flexibility index (Phi) is 5.35. The van der Waals surface area contributed by atoms with Crippen molar-refractivity contribution in [2.75, 3.05) is 6.61 Å². The lowest BCUT2D eigenvalue weighted by atomic mass is 9.58. The van der Waals surface area contributed by atoms with Gasteiger partial charge in [-0.15, -0.1) is 0 Å². The first-order valence-corrected chi connectivity index (χ1v) is 12.6. The fourth-order valence-electron chi connectivity index (χ4n) is 9.02. The van der Waals surface area contributed by atoms with E-state index in [2.05, 4.69) is 6.58 Å². The number of Topliss-reactive ketones (excluding diaryl/α,β-unsaturated/α-hetero) is 1. The highest BCUT2D eigenvalue weighted by Gasteiger charge is 2.85. The molecule has 12 heteroatoms. The van der Waals surface area contributed by atoms with Crippen LogP contribution in [-0.2, 0) is 28.6 Å². The zero-order chi connectivity index (χ0) is 26.8. The molecule has 0 amide bonds. The Morgan fingerprint density at radius 1 is 1.14 bits per heavy atom. The van der Waals surface area contributed by atoms with Gasteiger partial charge in [0.1, 0.15) is 47.3 Å². The molecule has 4 saturated carbocycles. The number of hydrogen-bond donors (Lipinski definition) is 6. The standard InChI is InChI=1S/C25H32O12/c1-8-4-24-5-9(8)10(27)3-13(24)25-6-11(28)19(23(2,22(34)37-25)18(25)14(24)20(32)33)36-21-17(31)16(30)15(29)12(7-26)35-21/h9,11-19,21,26,28-31H,1,3-7H2,2H3,(H,32,33)/t9-,11+,12-,13-,14-,15-,16+,17-,18-,19+,21+,23+,24+,25-/m1/s1. The molecule has 4 aliphatic carbocycles. The number of esters is 1. The number of aliphatic hydroxyl groups excluding tert-OH is 5. The van der Waals surface area contributed by atoms with Crippen molar-refractivity contribution >= 4 is 17.7 Å². The number of carboxylic acid groups (broad SMARTS) is 1. The highest BCUT2D eigenvalue weighted by molar-refractivity contribution is 5.90. The molecular weight excluding hydrogens is 492 g/mol. The molecule has 204 valence electrons. The Hall–Kier alpha value is -1.93. The number of carbonyl (C=O) groups is 3. The summed E-state index contributed by atoms with van der Waals surface area (Å²) in [5.74, 6) is -5.07. The van der Waals surface area contributed by atoms with Crippen LogP contribution in [0.2, 0.25) is 0 Å². The van der Waals surface area contributed by atoms with E-state index < -0.39 is 102 Å². The van der Waals surface area contributed by atoms with Crippen LogP contribution in [0.5, 0.6) is 0 Å². The zero-order valence-corrected chi connectivity index (χ0v) is 20.2. The van der Waals surface area contributed by atoms with Crippen LogP contribution in [0, 0.1) is 34.5 Å². The van der Waals surface area contributed by atoms with Crippen molar-refractivity contribution in [1.29, 1.82) is 0 Å². The molecule has 0 aromatic rings. The van der Waals surface area contributed by atoms with Crippen LogP contribution in [0.3, 0.4) is 0 Å². The number of aliphatic hydroxyl groups is 5. The quantitative estimate of drug-likeness (QED) is 0.177. The van der Waals surface area contributed by atoms with Crippen LogP contribution in [0.4, 0.5) is 0 Å². The molecule has 1 spiro atoms. The van der Waals surface area contributed by atoms with Gasteiger partial charge in [-0.2, -0.15) is 0 Å². The number of carboxylic acids is 1. The molecule has 6 N–H and O–H groups in total. The number of ether oxygens (including phenoxy) is 3. The maximum Gasteiger partial charge on any atom is 0.315 e. The molecule has 0 unspecified atom stereocenters. The molecule has 14 atom stereocenters. The van der Waals surface area contributed by atoms with Crippen LogP contribution in [0.15, 0.2) is 12.2 Å². The van der Waals surface area contributed by atoms with Gasteiger partial charge in [-0.05, 0) is 25.2 Å². The maximum atomic E-state index is 13.6. The molecule has 2 heterocycles. The number of carbonyl (C=O) groups excluding carboxylic acids is 2. The monoisotopic (exact) mass is 524 g/mol. The molecule has 6 rings (SSSR count). The number of allylic oxidation sites excluding steroid dienone is 1. The second-order valence-electron chi connectivity index (χ2n) is 12.0. The van der Waals surface area contributed by atoms with E-state index in [1.165, 1.54) is 6.92 Å². The predicted octanol–water partition coefficient (Wildman–Crippen LogP) is -1.89. The Balaban J connectivity index is 1.42. The molecule has 0 radical (unpaired) electrons. The first kappa shape index (κ1) is 25.4. The fourth-order valence-corrected chi connectivity index (χ4v) is 9.02. The average Bonchev–Trinajstić information content (AvgIpc) is 3.32. The lowest BCUT2D eigenvalue weighted by Crippen LogP contribution is -2.64. The van der Waals surface area contributed by atoms with E-state index in [-0.39, 0.29) is 18.6 Å². The van der Waals surface area contributed by atoms with Crippen molar-refractivity contribution in [2.24, 2.45) is 34.5 Å². The largest absolute Gasteiger partial charge is 0.481 e. The third-order valence-electron chi connectivity index (χ3n) is 10.4. The van der Waals surface area contributed by atoms with Gasteiger partial charge in [-0.25, -0.2) is 0 Å². The molecule has 4 bridgehead atoms. The summed E-state index contributed by atoms with van der Waals surface area (Å²) in [4.78, 5) is 39.5. The van der Waals surface area contributed by atoms with Crippen LogP contribution >= 0.6 is 0 Å². The van der Waals surface area contributed by atoms with E-state index in [0.29, 0.717) is 18.4 Å². The lowest BCUT2D eigenvalue weighted by Gasteiger charge is -2.49. The topological polar surface area (TPSA) is 200 Å². The summed E-state index contributed by atoms with van der Waals surface area (Å²) >= 11 is 0. The third-order valence-corrected chi connectivity index (χ3v) is 10.4. The minimum absolute atomic E-state index is 0.0261. The first-order valence-electron chi connectivity index (χ1n) is 12.6. The molecule has 6 fully saturated rings. The zero-order valence-electron chi connectivity index (χ0n) is 20.2. The number of hydrogen-bond acceptors (Lipinski definition) is 11. The van der Waals surface area contributed by atoms with Gasteiger partial charge in [-0.1, -0.05) is 12.2 Å².